The van der Waals surface area contributed by atoms with Crippen LogP contribution in [0.2, 0.25) is 0 Å². The molecule has 2 aromatic rings. The summed E-state index contributed by atoms with van der Waals surface area (Å²) in [5, 5.41) is 2.76. The Hall–Kier alpha value is -1.88. The smallest absolute Gasteiger partial charge is 0.287 e. The van der Waals surface area contributed by atoms with E-state index in [9.17, 15) is 9.00 Å². The maximum atomic E-state index is 12.3. The normalized spacial score (nSPS) is 12.4. The molecule has 2 rings (SSSR count). The second-order valence-corrected chi connectivity index (χ2v) is 6.57. The van der Waals surface area contributed by atoms with Gasteiger partial charge in [-0.1, -0.05) is 18.2 Å². The molecule has 1 N–H and O–H groups in total. The van der Waals surface area contributed by atoms with Gasteiger partial charge >= 0.3 is 0 Å². The Balaban J connectivity index is 2.08. The van der Waals surface area contributed by atoms with Crippen LogP contribution in [-0.2, 0) is 16.6 Å². The molecule has 5 heteroatoms. The summed E-state index contributed by atoms with van der Waals surface area (Å²) in [6.07, 6.45) is 0. The zero-order chi connectivity index (χ0) is 15.4. The molecule has 1 unspecified atom stereocenters. The van der Waals surface area contributed by atoms with Gasteiger partial charge in [0.05, 0.1) is 16.6 Å². The van der Waals surface area contributed by atoms with Gasteiger partial charge in [-0.15, -0.1) is 0 Å². The van der Waals surface area contributed by atoms with Crippen molar-refractivity contribution in [2.24, 2.45) is 0 Å². The Morgan fingerprint density at radius 1 is 1.24 bits per heavy atom. The Morgan fingerprint density at radius 2 is 1.95 bits per heavy atom. The molecule has 1 atom stereocenters. The van der Waals surface area contributed by atoms with E-state index in [1.165, 1.54) is 0 Å². The Kier molecular flexibility index (Phi) is 4.96. The zero-order valence-corrected chi connectivity index (χ0v) is 13.2. The van der Waals surface area contributed by atoms with Crippen molar-refractivity contribution in [2.75, 3.05) is 0 Å². The Bertz CT molecular complexity index is 661. The van der Waals surface area contributed by atoms with Crippen molar-refractivity contribution in [3.8, 4) is 0 Å². The summed E-state index contributed by atoms with van der Waals surface area (Å²) in [5.74, 6) is 0.809. The molecular weight excluding hydrogens is 286 g/mol. The highest BCUT2D eigenvalue weighted by atomic mass is 32.2. The van der Waals surface area contributed by atoms with Crippen LogP contribution >= 0.6 is 0 Å². The largest absolute Gasteiger partial charge is 0.455 e. The van der Waals surface area contributed by atoms with E-state index in [2.05, 4.69) is 5.32 Å². The van der Waals surface area contributed by atoms with E-state index in [0.29, 0.717) is 5.76 Å². The predicted octanol–water partition coefficient (Wildman–Crippen LogP) is 3.03. The standard InChI is InChI=1S/C16H19NO3S/c1-11(2)17-16(18)14-9-8-13(20-14)10-21(19)15-7-5-4-6-12(15)3/h4-9,11H,10H2,1-3H3,(H,17,18). The van der Waals surface area contributed by atoms with Crippen molar-refractivity contribution in [1.82, 2.24) is 5.32 Å². The van der Waals surface area contributed by atoms with Gasteiger partial charge in [0.2, 0.25) is 0 Å². The number of rotatable bonds is 5. The predicted molar refractivity (Wildman–Crippen MR) is 82.6 cm³/mol. The van der Waals surface area contributed by atoms with Gasteiger partial charge in [-0.3, -0.25) is 9.00 Å². The SMILES string of the molecule is Cc1ccccc1S(=O)Cc1ccc(C(=O)NC(C)C)o1. The summed E-state index contributed by atoms with van der Waals surface area (Å²) < 4.78 is 17.8. The molecule has 21 heavy (non-hydrogen) atoms. The van der Waals surface area contributed by atoms with E-state index < -0.39 is 10.8 Å². The number of nitrogens with one attached hydrogen (secondary N) is 1. The molecule has 0 aliphatic heterocycles. The van der Waals surface area contributed by atoms with Gasteiger partial charge in [-0.05, 0) is 44.5 Å². The highest BCUT2D eigenvalue weighted by Gasteiger charge is 2.14. The minimum atomic E-state index is -1.18. The average molecular weight is 305 g/mol. The number of aryl methyl sites for hydroxylation is 1. The van der Waals surface area contributed by atoms with Crippen molar-refractivity contribution >= 4 is 16.7 Å². The minimum absolute atomic E-state index is 0.0483. The Morgan fingerprint density at radius 3 is 2.62 bits per heavy atom. The van der Waals surface area contributed by atoms with Crippen LogP contribution in [0.3, 0.4) is 0 Å². The highest BCUT2D eigenvalue weighted by Crippen LogP contribution is 2.18. The number of carbonyl (C=O) groups excluding carboxylic acids is 1. The highest BCUT2D eigenvalue weighted by molar-refractivity contribution is 7.84. The van der Waals surface area contributed by atoms with Gasteiger partial charge in [-0.2, -0.15) is 0 Å². The van der Waals surface area contributed by atoms with E-state index in [4.69, 9.17) is 4.42 Å². The fourth-order valence-corrected chi connectivity index (χ4v) is 3.16. The summed E-state index contributed by atoms with van der Waals surface area (Å²) in [6, 6.07) is 10.9. The molecular formula is C16H19NO3S. The maximum Gasteiger partial charge on any atom is 0.287 e. The zero-order valence-electron chi connectivity index (χ0n) is 12.4. The van der Waals surface area contributed by atoms with Crippen LogP contribution in [0, 0.1) is 6.92 Å². The van der Waals surface area contributed by atoms with Gasteiger partial charge in [0.1, 0.15) is 5.76 Å². The Labute approximate surface area is 127 Å². The van der Waals surface area contributed by atoms with E-state index in [1.54, 1.807) is 12.1 Å². The number of furan rings is 1. The summed E-state index contributed by atoms with van der Waals surface area (Å²) in [5.41, 5.74) is 0.986. The van der Waals surface area contributed by atoms with Crippen LogP contribution < -0.4 is 5.32 Å². The number of hydrogen-bond donors (Lipinski definition) is 1. The van der Waals surface area contributed by atoms with Crippen molar-refractivity contribution < 1.29 is 13.4 Å². The molecule has 0 fully saturated rings. The lowest BCUT2D eigenvalue weighted by atomic mass is 10.2. The molecule has 0 bridgehead atoms. The van der Waals surface area contributed by atoms with Crippen LogP contribution in [-0.4, -0.2) is 16.2 Å². The first-order valence-corrected chi connectivity index (χ1v) is 8.13. The lowest BCUT2D eigenvalue weighted by Gasteiger charge is -2.06. The molecule has 1 aromatic carbocycles. The summed E-state index contributed by atoms with van der Waals surface area (Å²) in [7, 11) is -1.18. The average Bonchev–Trinajstić information content (AvgIpc) is 2.87. The number of amides is 1. The summed E-state index contributed by atoms with van der Waals surface area (Å²) >= 11 is 0. The molecule has 4 nitrogen and oxygen atoms in total. The number of hydrogen-bond acceptors (Lipinski definition) is 3. The van der Waals surface area contributed by atoms with Crippen molar-refractivity contribution in [1.29, 1.82) is 0 Å². The topological polar surface area (TPSA) is 59.3 Å². The first kappa shape index (κ1) is 15.5. The number of carbonyl (C=O) groups is 1. The van der Waals surface area contributed by atoms with Crippen molar-refractivity contribution in [2.45, 2.75) is 37.5 Å². The fourth-order valence-electron chi connectivity index (χ4n) is 1.93. The van der Waals surface area contributed by atoms with Gasteiger partial charge in [0, 0.05) is 10.9 Å². The van der Waals surface area contributed by atoms with Crippen LogP contribution in [0.1, 0.15) is 35.7 Å². The van der Waals surface area contributed by atoms with Crippen molar-refractivity contribution in [3.05, 3.63) is 53.5 Å². The summed E-state index contributed by atoms with van der Waals surface area (Å²) in [6.45, 7) is 5.70. The molecule has 0 radical (unpaired) electrons. The quantitative estimate of drug-likeness (QED) is 0.923. The molecule has 0 spiro atoms. The molecule has 1 aromatic heterocycles. The molecule has 0 aliphatic rings. The molecule has 0 aliphatic carbocycles. The van der Waals surface area contributed by atoms with Gasteiger partial charge in [0.25, 0.3) is 5.91 Å². The minimum Gasteiger partial charge on any atom is -0.455 e. The van der Waals surface area contributed by atoms with Gasteiger partial charge < -0.3 is 9.73 Å². The lowest BCUT2D eigenvalue weighted by molar-refractivity contribution is 0.0913. The maximum absolute atomic E-state index is 12.3. The summed E-state index contributed by atoms with van der Waals surface area (Å²) in [4.78, 5) is 12.6. The number of benzene rings is 1. The molecule has 1 amide bonds. The molecule has 0 saturated carbocycles. The fraction of sp³-hybridized carbons (Fsp3) is 0.312. The van der Waals surface area contributed by atoms with Crippen LogP contribution in [0.25, 0.3) is 0 Å². The van der Waals surface area contributed by atoms with Crippen LogP contribution in [0.15, 0.2) is 45.7 Å². The van der Waals surface area contributed by atoms with Crippen molar-refractivity contribution in [3.63, 3.8) is 0 Å². The first-order valence-electron chi connectivity index (χ1n) is 6.81. The first-order chi connectivity index (χ1) is 9.97. The molecule has 0 saturated heterocycles. The van der Waals surface area contributed by atoms with Gasteiger partial charge in [0.15, 0.2) is 5.76 Å². The van der Waals surface area contributed by atoms with Crippen LogP contribution in [0.5, 0.6) is 0 Å². The monoisotopic (exact) mass is 305 g/mol. The lowest BCUT2D eigenvalue weighted by Crippen LogP contribution is -2.29. The molecule has 112 valence electrons. The van der Waals surface area contributed by atoms with E-state index in [0.717, 1.165) is 10.5 Å². The third kappa shape index (κ3) is 4.04. The van der Waals surface area contributed by atoms with E-state index in [-0.39, 0.29) is 23.5 Å². The van der Waals surface area contributed by atoms with E-state index >= 15 is 0 Å². The van der Waals surface area contributed by atoms with E-state index in [1.807, 2.05) is 45.0 Å². The second-order valence-electron chi connectivity index (χ2n) is 5.15. The third-order valence-corrected chi connectivity index (χ3v) is 4.41. The van der Waals surface area contributed by atoms with Crippen LogP contribution in [0.4, 0.5) is 0 Å². The van der Waals surface area contributed by atoms with Gasteiger partial charge in [-0.25, -0.2) is 0 Å². The second kappa shape index (κ2) is 6.72. The molecule has 1 heterocycles. The third-order valence-electron chi connectivity index (χ3n) is 2.92.